The van der Waals surface area contributed by atoms with Gasteiger partial charge in [0, 0.05) is 37.6 Å². The molecule has 0 unspecified atom stereocenters. The van der Waals surface area contributed by atoms with Crippen molar-refractivity contribution in [3.8, 4) is 0 Å². The third-order valence-electron chi connectivity index (χ3n) is 3.63. The van der Waals surface area contributed by atoms with Gasteiger partial charge < -0.3 is 15.5 Å². The minimum absolute atomic E-state index is 0.141. The predicted octanol–water partition coefficient (Wildman–Crippen LogP) is 2.74. The largest absolute Gasteiger partial charge is 0.352 e. The molecule has 7 heteroatoms. The Hall–Kier alpha value is -0.460. The lowest BCUT2D eigenvalue weighted by Gasteiger charge is -2.27. The first-order valence-electron chi connectivity index (χ1n) is 7.36. The highest BCUT2D eigenvalue weighted by Gasteiger charge is 2.14. The van der Waals surface area contributed by atoms with E-state index in [0.717, 1.165) is 44.0 Å². The highest BCUT2D eigenvalue weighted by Crippen LogP contribution is 2.31. The van der Waals surface area contributed by atoms with E-state index in [1.54, 1.807) is 12.1 Å². The lowest BCUT2D eigenvalue weighted by Crippen LogP contribution is -2.44. The van der Waals surface area contributed by atoms with Crippen LogP contribution in [0.25, 0.3) is 0 Å². The number of benzene rings is 1. The molecule has 1 aromatic rings. The van der Waals surface area contributed by atoms with Crippen molar-refractivity contribution in [3.05, 3.63) is 27.7 Å². The molecule has 0 aliphatic carbocycles. The van der Waals surface area contributed by atoms with Crippen molar-refractivity contribution in [3.63, 3.8) is 0 Å². The number of halogens is 2. The van der Waals surface area contributed by atoms with E-state index in [1.807, 2.05) is 6.26 Å². The third kappa shape index (κ3) is 5.03. The zero-order valence-electron chi connectivity index (χ0n) is 12.6. The lowest BCUT2D eigenvalue weighted by atomic mass is 10.2. The summed E-state index contributed by atoms with van der Waals surface area (Å²) in [5.74, 6) is -0.141. The number of thioether (sulfide) groups is 1. The van der Waals surface area contributed by atoms with Crippen molar-refractivity contribution < 1.29 is 4.79 Å². The molecular weight excluding hydrogens is 341 g/mol. The SMILES string of the molecule is CSc1cc(C(=O)NCCCN2CCNCC2)c(Cl)cc1Cl. The van der Waals surface area contributed by atoms with Gasteiger partial charge in [0.25, 0.3) is 5.91 Å². The van der Waals surface area contributed by atoms with Gasteiger partial charge in [-0.05, 0) is 31.4 Å². The van der Waals surface area contributed by atoms with Gasteiger partial charge in [-0.25, -0.2) is 0 Å². The highest BCUT2D eigenvalue weighted by molar-refractivity contribution is 7.98. The Morgan fingerprint density at radius 2 is 2.05 bits per heavy atom. The Kier molecular flexibility index (Phi) is 7.31. The van der Waals surface area contributed by atoms with Crippen LogP contribution in [0.5, 0.6) is 0 Å². The second-order valence-electron chi connectivity index (χ2n) is 5.17. The Labute approximate surface area is 145 Å². The summed E-state index contributed by atoms with van der Waals surface area (Å²) in [4.78, 5) is 15.5. The van der Waals surface area contributed by atoms with Gasteiger partial charge in [-0.1, -0.05) is 23.2 Å². The third-order valence-corrected chi connectivity index (χ3v) is 5.15. The quantitative estimate of drug-likeness (QED) is 0.603. The topological polar surface area (TPSA) is 44.4 Å². The highest BCUT2D eigenvalue weighted by atomic mass is 35.5. The number of hydrogen-bond donors (Lipinski definition) is 2. The molecule has 1 aliphatic heterocycles. The van der Waals surface area contributed by atoms with Crippen LogP contribution in [0.15, 0.2) is 17.0 Å². The fourth-order valence-electron chi connectivity index (χ4n) is 2.39. The van der Waals surface area contributed by atoms with Crippen LogP contribution < -0.4 is 10.6 Å². The Balaban J connectivity index is 1.81. The molecule has 122 valence electrons. The number of amides is 1. The van der Waals surface area contributed by atoms with Crippen LogP contribution in [0.1, 0.15) is 16.8 Å². The molecule has 1 amide bonds. The van der Waals surface area contributed by atoms with E-state index in [4.69, 9.17) is 23.2 Å². The van der Waals surface area contributed by atoms with Crippen LogP contribution in [0.2, 0.25) is 10.0 Å². The van der Waals surface area contributed by atoms with E-state index in [-0.39, 0.29) is 5.91 Å². The molecule has 1 fully saturated rings. The molecule has 0 bridgehead atoms. The summed E-state index contributed by atoms with van der Waals surface area (Å²) in [6.07, 6.45) is 2.86. The number of nitrogens with zero attached hydrogens (tertiary/aromatic N) is 1. The molecule has 2 rings (SSSR count). The Morgan fingerprint density at radius 3 is 2.73 bits per heavy atom. The average molecular weight is 362 g/mol. The normalized spacial score (nSPS) is 15.8. The maximum Gasteiger partial charge on any atom is 0.252 e. The molecule has 0 spiro atoms. The number of carbonyl (C=O) groups is 1. The standard InChI is InChI=1S/C15H21Cl2N3OS/c1-22-14-9-11(12(16)10-13(14)17)15(21)19-3-2-6-20-7-4-18-5-8-20/h9-10,18H,2-8H2,1H3,(H,19,21). The van der Waals surface area contributed by atoms with Gasteiger partial charge in [0.1, 0.15) is 0 Å². The van der Waals surface area contributed by atoms with Gasteiger partial charge in [0.2, 0.25) is 0 Å². The molecule has 2 N–H and O–H groups in total. The first-order valence-corrected chi connectivity index (χ1v) is 9.34. The van der Waals surface area contributed by atoms with E-state index in [0.29, 0.717) is 22.2 Å². The number of carbonyl (C=O) groups excluding carboxylic acids is 1. The van der Waals surface area contributed by atoms with Gasteiger partial charge in [-0.2, -0.15) is 0 Å². The van der Waals surface area contributed by atoms with Crippen LogP contribution in [0.4, 0.5) is 0 Å². The predicted molar refractivity (Wildman–Crippen MR) is 94.5 cm³/mol. The van der Waals surface area contributed by atoms with E-state index in [2.05, 4.69) is 15.5 Å². The van der Waals surface area contributed by atoms with Gasteiger partial charge in [0.05, 0.1) is 15.6 Å². The van der Waals surface area contributed by atoms with Crippen LogP contribution in [0.3, 0.4) is 0 Å². The Bertz CT molecular complexity index is 522. The monoisotopic (exact) mass is 361 g/mol. The first kappa shape index (κ1) is 17.9. The summed E-state index contributed by atoms with van der Waals surface area (Å²) in [6, 6.07) is 3.38. The van der Waals surface area contributed by atoms with E-state index in [1.165, 1.54) is 11.8 Å². The van der Waals surface area contributed by atoms with Gasteiger partial charge >= 0.3 is 0 Å². The summed E-state index contributed by atoms with van der Waals surface area (Å²) in [5.41, 5.74) is 0.484. The van der Waals surface area contributed by atoms with Crippen molar-refractivity contribution in [2.75, 3.05) is 45.5 Å². The van der Waals surface area contributed by atoms with E-state index in [9.17, 15) is 4.79 Å². The van der Waals surface area contributed by atoms with Gasteiger partial charge in [0.15, 0.2) is 0 Å². The molecule has 4 nitrogen and oxygen atoms in total. The molecular formula is C15H21Cl2N3OS. The van der Waals surface area contributed by atoms with Crippen molar-refractivity contribution in [2.24, 2.45) is 0 Å². The molecule has 1 heterocycles. The van der Waals surface area contributed by atoms with E-state index >= 15 is 0 Å². The maximum atomic E-state index is 12.2. The summed E-state index contributed by atoms with van der Waals surface area (Å²) >= 11 is 13.7. The molecule has 0 aromatic heterocycles. The van der Waals surface area contributed by atoms with Crippen LogP contribution in [0, 0.1) is 0 Å². The smallest absolute Gasteiger partial charge is 0.252 e. The average Bonchev–Trinajstić information content (AvgIpc) is 2.52. The van der Waals surface area contributed by atoms with Crippen molar-refractivity contribution in [1.29, 1.82) is 0 Å². The fraction of sp³-hybridized carbons (Fsp3) is 0.533. The Morgan fingerprint density at radius 1 is 1.32 bits per heavy atom. The summed E-state index contributed by atoms with van der Waals surface area (Å²) in [7, 11) is 0. The lowest BCUT2D eigenvalue weighted by molar-refractivity contribution is 0.0951. The molecule has 0 radical (unpaired) electrons. The molecule has 22 heavy (non-hydrogen) atoms. The number of rotatable bonds is 6. The molecule has 0 saturated carbocycles. The summed E-state index contributed by atoms with van der Waals surface area (Å²) in [6.45, 7) is 5.90. The van der Waals surface area contributed by atoms with E-state index < -0.39 is 0 Å². The van der Waals surface area contributed by atoms with Crippen molar-refractivity contribution >= 4 is 40.9 Å². The number of nitrogens with one attached hydrogen (secondary N) is 2. The van der Waals surface area contributed by atoms with Crippen LogP contribution in [-0.2, 0) is 0 Å². The number of piperazine rings is 1. The minimum atomic E-state index is -0.141. The van der Waals surface area contributed by atoms with Gasteiger partial charge in [-0.3, -0.25) is 4.79 Å². The second kappa shape index (κ2) is 8.99. The zero-order valence-corrected chi connectivity index (χ0v) is 15.0. The van der Waals surface area contributed by atoms with Gasteiger partial charge in [-0.15, -0.1) is 11.8 Å². The number of hydrogen-bond acceptors (Lipinski definition) is 4. The summed E-state index contributed by atoms with van der Waals surface area (Å²) in [5, 5.41) is 7.23. The molecule has 1 saturated heterocycles. The van der Waals surface area contributed by atoms with Crippen molar-refractivity contribution in [1.82, 2.24) is 15.5 Å². The summed E-state index contributed by atoms with van der Waals surface area (Å²) < 4.78 is 0. The zero-order chi connectivity index (χ0) is 15.9. The first-order chi connectivity index (χ1) is 10.6. The minimum Gasteiger partial charge on any atom is -0.352 e. The second-order valence-corrected chi connectivity index (χ2v) is 6.83. The molecule has 0 atom stereocenters. The maximum absolute atomic E-state index is 12.2. The molecule has 1 aliphatic rings. The fourth-order valence-corrected chi connectivity index (χ4v) is 3.58. The molecule has 1 aromatic carbocycles. The van der Waals surface area contributed by atoms with Crippen molar-refractivity contribution in [2.45, 2.75) is 11.3 Å². The van der Waals surface area contributed by atoms with Crippen LogP contribution >= 0.6 is 35.0 Å². The van der Waals surface area contributed by atoms with Crippen LogP contribution in [-0.4, -0.2) is 56.3 Å².